The first-order chi connectivity index (χ1) is 11.5. The highest BCUT2D eigenvalue weighted by atomic mass is 35.5. The van der Waals surface area contributed by atoms with E-state index in [0.29, 0.717) is 33.2 Å². The van der Waals surface area contributed by atoms with Gasteiger partial charge in [-0.2, -0.15) is 0 Å². The van der Waals surface area contributed by atoms with Crippen LogP contribution in [-0.2, 0) is 0 Å². The van der Waals surface area contributed by atoms with E-state index in [2.05, 4.69) is 22.2 Å². The molecule has 0 saturated carbocycles. The van der Waals surface area contributed by atoms with Crippen molar-refractivity contribution in [1.29, 1.82) is 0 Å². The first kappa shape index (κ1) is 17.0. The molecule has 0 atom stereocenters. The van der Waals surface area contributed by atoms with E-state index >= 15 is 0 Å². The van der Waals surface area contributed by atoms with E-state index in [9.17, 15) is 4.79 Å². The van der Waals surface area contributed by atoms with Crippen LogP contribution in [0.1, 0.15) is 30.3 Å². The van der Waals surface area contributed by atoms with Gasteiger partial charge in [0.25, 0.3) is 5.91 Å². The highest BCUT2D eigenvalue weighted by Gasteiger charge is 2.22. The predicted molar refractivity (Wildman–Crippen MR) is 96.1 cm³/mol. The van der Waals surface area contributed by atoms with Crippen LogP contribution in [0.15, 0.2) is 30.6 Å². The lowest BCUT2D eigenvalue weighted by atomic mass is 9.99. The molecule has 1 aromatic heterocycles. The van der Waals surface area contributed by atoms with Gasteiger partial charge < -0.3 is 10.2 Å². The first-order valence-electron chi connectivity index (χ1n) is 7.86. The Labute approximate surface area is 151 Å². The van der Waals surface area contributed by atoms with E-state index < -0.39 is 0 Å². The largest absolute Gasteiger partial charge is 0.339 e. The molecule has 126 valence electrons. The minimum atomic E-state index is -0.0632. The summed E-state index contributed by atoms with van der Waals surface area (Å²) < 4.78 is 0. The summed E-state index contributed by atoms with van der Waals surface area (Å²) >= 11 is 11.9. The zero-order chi connectivity index (χ0) is 17.1. The summed E-state index contributed by atoms with van der Waals surface area (Å²) in [4.78, 5) is 22.8. The monoisotopic (exact) mass is 364 g/mol. The van der Waals surface area contributed by atoms with Crippen molar-refractivity contribution in [1.82, 2.24) is 14.9 Å². The molecule has 2 heterocycles. The lowest BCUT2D eigenvalue weighted by molar-refractivity contribution is 0.0691. The van der Waals surface area contributed by atoms with E-state index in [1.165, 1.54) is 12.4 Å². The lowest BCUT2D eigenvalue weighted by Gasteiger charge is -2.29. The molecule has 0 aliphatic carbocycles. The SMILES string of the molecule is CC1CCN(C(=O)c2cnc(Nc3cc(Cl)cc(Cl)c3)cn2)CC1. The standard InChI is InChI=1S/C17H18Cl2N4O/c1-11-2-4-23(5-3-11)17(24)15-9-21-16(10-20-15)22-14-7-12(18)6-13(19)8-14/h6-11H,2-5H2,1H3,(H,21,22). The van der Waals surface area contributed by atoms with E-state index in [-0.39, 0.29) is 5.91 Å². The maximum Gasteiger partial charge on any atom is 0.274 e. The van der Waals surface area contributed by atoms with Gasteiger partial charge in [0.15, 0.2) is 0 Å². The van der Waals surface area contributed by atoms with Gasteiger partial charge >= 0.3 is 0 Å². The van der Waals surface area contributed by atoms with Crippen molar-refractivity contribution in [3.05, 3.63) is 46.3 Å². The molecule has 24 heavy (non-hydrogen) atoms. The van der Waals surface area contributed by atoms with Gasteiger partial charge in [-0.1, -0.05) is 30.1 Å². The molecule has 1 amide bonds. The van der Waals surface area contributed by atoms with E-state index in [1.54, 1.807) is 18.2 Å². The maximum atomic E-state index is 12.4. The van der Waals surface area contributed by atoms with Gasteiger partial charge in [-0.25, -0.2) is 9.97 Å². The van der Waals surface area contributed by atoms with Crippen LogP contribution in [0.4, 0.5) is 11.5 Å². The van der Waals surface area contributed by atoms with Crippen LogP contribution >= 0.6 is 23.2 Å². The smallest absolute Gasteiger partial charge is 0.274 e. The van der Waals surface area contributed by atoms with E-state index in [0.717, 1.165) is 25.9 Å². The Morgan fingerprint density at radius 1 is 1.12 bits per heavy atom. The molecular weight excluding hydrogens is 347 g/mol. The second-order valence-electron chi connectivity index (χ2n) is 6.04. The molecule has 2 aromatic rings. The average molecular weight is 365 g/mol. The number of likely N-dealkylation sites (tertiary alicyclic amines) is 1. The second kappa shape index (κ2) is 7.36. The molecule has 7 heteroatoms. The summed E-state index contributed by atoms with van der Waals surface area (Å²) in [6.07, 6.45) is 5.10. The number of hydrogen-bond donors (Lipinski definition) is 1. The maximum absolute atomic E-state index is 12.4. The topological polar surface area (TPSA) is 58.1 Å². The van der Waals surface area contributed by atoms with Gasteiger partial charge in [-0.3, -0.25) is 4.79 Å². The molecule has 5 nitrogen and oxygen atoms in total. The molecule has 1 aliphatic heterocycles. The second-order valence-corrected chi connectivity index (χ2v) is 6.92. The highest BCUT2D eigenvalue weighted by Crippen LogP contribution is 2.24. The van der Waals surface area contributed by atoms with Gasteiger partial charge in [0.05, 0.1) is 12.4 Å². The molecule has 1 saturated heterocycles. The predicted octanol–water partition coefficient (Wildman–Crippen LogP) is 4.40. The summed E-state index contributed by atoms with van der Waals surface area (Å²) in [5.41, 5.74) is 1.07. The van der Waals surface area contributed by atoms with Crippen LogP contribution in [0.25, 0.3) is 0 Å². The summed E-state index contributed by atoms with van der Waals surface area (Å²) in [6, 6.07) is 5.13. The van der Waals surface area contributed by atoms with Crippen LogP contribution in [0, 0.1) is 5.92 Å². The molecule has 1 aromatic carbocycles. The third kappa shape index (κ3) is 4.16. The van der Waals surface area contributed by atoms with Crippen LogP contribution in [0.5, 0.6) is 0 Å². The number of benzene rings is 1. The Morgan fingerprint density at radius 3 is 2.38 bits per heavy atom. The number of carbonyl (C=O) groups is 1. The fourth-order valence-electron chi connectivity index (χ4n) is 2.65. The Balaban J connectivity index is 1.67. The number of amides is 1. The van der Waals surface area contributed by atoms with Crippen molar-refractivity contribution < 1.29 is 4.79 Å². The molecule has 1 N–H and O–H groups in total. The molecule has 0 unspecified atom stereocenters. The average Bonchev–Trinajstić information content (AvgIpc) is 2.55. The summed E-state index contributed by atoms with van der Waals surface area (Å²) in [6.45, 7) is 3.77. The van der Waals surface area contributed by atoms with Gasteiger partial charge in [-0.15, -0.1) is 0 Å². The third-order valence-corrected chi connectivity index (χ3v) is 4.51. The molecule has 0 spiro atoms. The van der Waals surface area contributed by atoms with Crippen molar-refractivity contribution in [2.75, 3.05) is 18.4 Å². The zero-order valence-electron chi connectivity index (χ0n) is 13.3. The van der Waals surface area contributed by atoms with Crippen LogP contribution < -0.4 is 5.32 Å². The molecule has 1 aliphatic rings. The normalized spacial score (nSPS) is 15.4. The number of aromatic nitrogens is 2. The van der Waals surface area contributed by atoms with Gasteiger partial charge in [-0.05, 0) is 37.0 Å². The number of halogens is 2. The van der Waals surface area contributed by atoms with Crippen molar-refractivity contribution in [2.45, 2.75) is 19.8 Å². The third-order valence-electron chi connectivity index (χ3n) is 4.08. The summed E-state index contributed by atoms with van der Waals surface area (Å²) in [7, 11) is 0. The summed E-state index contributed by atoms with van der Waals surface area (Å²) in [5.74, 6) is 1.14. The fraction of sp³-hybridized carbons (Fsp3) is 0.353. The Kier molecular flexibility index (Phi) is 5.21. The van der Waals surface area contributed by atoms with Crippen molar-refractivity contribution in [2.24, 2.45) is 5.92 Å². The van der Waals surface area contributed by atoms with Gasteiger partial charge in [0, 0.05) is 28.8 Å². The molecule has 0 radical (unpaired) electrons. The molecule has 0 bridgehead atoms. The quantitative estimate of drug-likeness (QED) is 0.876. The minimum Gasteiger partial charge on any atom is -0.339 e. The summed E-state index contributed by atoms with van der Waals surface area (Å²) in [5, 5.41) is 4.13. The number of hydrogen-bond acceptors (Lipinski definition) is 4. The minimum absolute atomic E-state index is 0.0632. The van der Waals surface area contributed by atoms with E-state index in [4.69, 9.17) is 23.2 Å². The number of carbonyl (C=O) groups excluding carboxylic acids is 1. The molecule has 1 fully saturated rings. The van der Waals surface area contributed by atoms with E-state index in [1.807, 2.05) is 4.90 Å². The highest BCUT2D eigenvalue weighted by molar-refractivity contribution is 6.35. The number of nitrogens with one attached hydrogen (secondary N) is 1. The van der Waals surface area contributed by atoms with Crippen LogP contribution in [0.2, 0.25) is 10.0 Å². The van der Waals surface area contributed by atoms with Crippen molar-refractivity contribution in [3.63, 3.8) is 0 Å². The fourth-order valence-corrected chi connectivity index (χ4v) is 3.18. The Bertz CT molecular complexity index is 708. The molecule has 3 rings (SSSR count). The number of nitrogens with zero attached hydrogens (tertiary/aromatic N) is 3. The zero-order valence-corrected chi connectivity index (χ0v) is 14.8. The van der Waals surface area contributed by atoms with Crippen LogP contribution in [0.3, 0.4) is 0 Å². The first-order valence-corrected chi connectivity index (χ1v) is 8.61. The number of piperidine rings is 1. The van der Waals surface area contributed by atoms with Gasteiger partial charge in [0.1, 0.15) is 11.5 Å². The van der Waals surface area contributed by atoms with Crippen molar-refractivity contribution >= 4 is 40.6 Å². The molecular formula is C17H18Cl2N4O. The van der Waals surface area contributed by atoms with Crippen LogP contribution in [-0.4, -0.2) is 33.9 Å². The van der Waals surface area contributed by atoms with Gasteiger partial charge in [0.2, 0.25) is 0 Å². The Hall–Kier alpha value is -1.85. The number of anilines is 2. The lowest BCUT2D eigenvalue weighted by Crippen LogP contribution is -2.38. The number of rotatable bonds is 3. The Morgan fingerprint density at radius 2 is 1.79 bits per heavy atom. The van der Waals surface area contributed by atoms with Crippen molar-refractivity contribution in [3.8, 4) is 0 Å².